The second-order valence-corrected chi connectivity index (χ2v) is 11.0. The van der Waals surface area contributed by atoms with E-state index in [0.29, 0.717) is 22.9 Å². The van der Waals surface area contributed by atoms with Gasteiger partial charge in [-0.1, -0.05) is 38.8 Å². The highest BCUT2D eigenvalue weighted by molar-refractivity contribution is 6.39. The van der Waals surface area contributed by atoms with Crippen LogP contribution in [0, 0.1) is 5.92 Å². The molecule has 8 heteroatoms. The molecule has 4 amide bonds. The SMILES string of the molecule is CC(C)CC(CO)N1C(=O)c2ccc3c4c(ccc(c24)C1=O)C(=O)N(c1ccc(CCCCCCO)cc1)C3=O. The molecule has 40 heavy (non-hydrogen) atoms. The van der Waals surface area contributed by atoms with Crippen LogP contribution in [0.5, 0.6) is 0 Å². The van der Waals surface area contributed by atoms with Gasteiger partial charge in [0.2, 0.25) is 0 Å². The van der Waals surface area contributed by atoms with Crippen LogP contribution in [0.2, 0.25) is 0 Å². The summed E-state index contributed by atoms with van der Waals surface area (Å²) in [6.07, 6.45) is 5.13. The average molecular weight is 543 g/mol. The largest absolute Gasteiger partial charge is 0.396 e. The summed E-state index contributed by atoms with van der Waals surface area (Å²) in [5.74, 6) is -1.92. The van der Waals surface area contributed by atoms with Gasteiger partial charge in [-0.2, -0.15) is 0 Å². The second kappa shape index (κ2) is 11.3. The van der Waals surface area contributed by atoms with Crippen LogP contribution in [0.3, 0.4) is 0 Å². The van der Waals surface area contributed by atoms with E-state index < -0.39 is 29.7 Å². The number of rotatable bonds is 11. The van der Waals surface area contributed by atoms with E-state index in [1.807, 2.05) is 26.0 Å². The Hall–Kier alpha value is -3.88. The number of hydrogen-bond acceptors (Lipinski definition) is 6. The standard InChI is InChI=1S/C32H34N2O6/c1-19(2)17-22(18-36)34-31(39)25-14-12-23-27-24(13-15-26(28(25)27)32(34)40)30(38)33(29(23)37)21-10-8-20(9-11-21)7-5-3-4-6-16-35/h8-15,19,22,35-36H,3-7,16-18H2,1-2H3. The van der Waals surface area contributed by atoms with Gasteiger partial charge in [-0.25, -0.2) is 4.90 Å². The van der Waals surface area contributed by atoms with Crippen molar-refractivity contribution in [1.82, 2.24) is 4.90 Å². The summed E-state index contributed by atoms with van der Waals surface area (Å²) < 4.78 is 0. The normalized spacial score (nSPS) is 15.5. The number of nitrogens with zero attached hydrogens (tertiary/aromatic N) is 2. The monoisotopic (exact) mass is 542 g/mol. The molecule has 3 aromatic rings. The Morgan fingerprint density at radius 1 is 0.650 bits per heavy atom. The number of benzene rings is 3. The minimum Gasteiger partial charge on any atom is -0.396 e. The summed E-state index contributed by atoms with van der Waals surface area (Å²) in [6, 6.07) is 12.9. The van der Waals surface area contributed by atoms with Crippen LogP contribution < -0.4 is 4.90 Å². The van der Waals surface area contributed by atoms with Crippen molar-refractivity contribution >= 4 is 40.1 Å². The molecule has 0 aromatic heterocycles. The molecule has 2 aliphatic rings. The van der Waals surface area contributed by atoms with E-state index >= 15 is 0 Å². The van der Waals surface area contributed by atoms with Crippen molar-refractivity contribution in [3.8, 4) is 0 Å². The minimum atomic E-state index is -0.669. The van der Waals surface area contributed by atoms with Crippen LogP contribution in [0.15, 0.2) is 48.5 Å². The third-order valence-corrected chi connectivity index (χ3v) is 7.81. The molecule has 0 aliphatic carbocycles. The van der Waals surface area contributed by atoms with Crippen LogP contribution >= 0.6 is 0 Å². The van der Waals surface area contributed by atoms with Crippen molar-refractivity contribution in [3.05, 3.63) is 76.3 Å². The fraction of sp³-hybridized carbons (Fsp3) is 0.375. The van der Waals surface area contributed by atoms with Gasteiger partial charge < -0.3 is 10.2 Å². The van der Waals surface area contributed by atoms with Gasteiger partial charge in [0.25, 0.3) is 23.6 Å². The predicted molar refractivity (Wildman–Crippen MR) is 152 cm³/mol. The average Bonchev–Trinajstić information content (AvgIpc) is 2.94. The highest BCUT2D eigenvalue weighted by atomic mass is 16.3. The van der Waals surface area contributed by atoms with Crippen molar-refractivity contribution < 1.29 is 29.4 Å². The molecule has 0 bridgehead atoms. The Balaban J connectivity index is 1.48. The van der Waals surface area contributed by atoms with Gasteiger partial charge in [-0.15, -0.1) is 0 Å². The molecule has 2 aliphatic heterocycles. The molecule has 2 N–H and O–H groups in total. The fourth-order valence-electron chi connectivity index (χ4n) is 5.87. The summed E-state index contributed by atoms with van der Waals surface area (Å²) in [4.78, 5) is 56.7. The van der Waals surface area contributed by atoms with E-state index in [2.05, 4.69) is 0 Å². The van der Waals surface area contributed by atoms with Gasteiger partial charge in [0, 0.05) is 39.6 Å². The smallest absolute Gasteiger partial charge is 0.265 e. The molecular formula is C32H34N2O6. The molecule has 3 aromatic carbocycles. The van der Waals surface area contributed by atoms with E-state index in [4.69, 9.17) is 5.11 Å². The number of amides is 4. The maximum Gasteiger partial charge on any atom is 0.265 e. The first-order chi connectivity index (χ1) is 19.3. The number of aliphatic hydroxyl groups excluding tert-OH is 2. The Morgan fingerprint density at radius 2 is 1.15 bits per heavy atom. The predicted octanol–water partition coefficient (Wildman–Crippen LogP) is 4.74. The highest BCUT2D eigenvalue weighted by Crippen LogP contribution is 2.39. The maximum atomic E-state index is 13.7. The number of carbonyl (C=O) groups excluding carboxylic acids is 4. The molecule has 0 saturated carbocycles. The van der Waals surface area contributed by atoms with Gasteiger partial charge in [-0.3, -0.25) is 24.1 Å². The number of aryl methyl sites for hydroxylation is 1. The molecule has 1 atom stereocenters. The Labute approximate surface area is 233 Å². The third kappa shape index (κ3) is 4.71. The van der Waals surface area contributed by atoms with Gasteiger partial charge in [-0.05, 0) is 73.6 Å². The van der Waals surface area contributed by atoms with E-state index in [1.165, 1.54) is 0 Å². The number of anilines is 1. The second-order valence-electron chi connectivity index (χ2n) is 11.0. The fourth-order valence-corrected chi connectivity index (χ4v) is 5.87. The van der Waals surface area contributed by atoms with E-state index in [0.717, 1.165) is 47.5 Å². The van der Waals surface area contributed by atoms with Crippen LogP contribution in [0.1, 0.15) is 92.9 Å². The molecule has 0 radical (unpaired) electrons. The summed E-state index contributed by atoms with van der Waals surface area (Å²) in [5, 5.41) is 19.6. The lowest BCUT2D eigenvalue weighted by Gasteiger charge is -2.35. The van der Waals surface area contributed by atoms with Crippen LogP contribution in [0.4, 0.5) is 5.69 Å². The first-order valence-electron chi connectivity index (χ1n) is 14.0. The Kier molecular flexibility index (Phi) is 7.83. The number of aliphatic hydroxyl groups is 2. The summed E-state index contributed by atoms with van der Waals surface area (Å²) in [6.45, 7) is 3.77. The first kappa shape index (κ1) is 27.7. The summed E-state index contributed by atoms with van der Waals surface area (Å²) >= 11 is 0. The van der Waals surface area contributed by atoms with Crippen LogP contribution in [-0.2, 0) is 6.42 Å². The van der Waals surface area contributed by atoms with Crippen molar-refractivity contribution in [2.45, 2.75) is 58.4 Å². The molecule has 1 unspecified atom stereocenters. The first-order valence-corrected chi connectivity index (χ1v) is 14.0. The molecule has 0 fully saturated rings. The topological polar surface area (TPSA) is 115 Å². The number of hydrogen-bond donors (Lipinski definition) is 2. The van der Waals surface area contributed by atoms with Crippen molar-refractivity contribution in [1.29, 1.82) is 0 Å². The minimum absolute atomic E-state index is 0.154. The Bertz CT molecular complexity index is 1420. The number of imide groups is 2. The molecule has 5 rings (SSSR count). The van der Waals surface area contributed by atoms with Gasteiger partial charge >= 0.3 is 0 Å². The highest BCUT2D eigenvalue weighted by Gasteiger charge is 2.42. The van der Waals surface area contributed by atoms with Gasteiger partial charge in [0.05, 0.1) is 18.3 Å². The zero-order valence-corrected chi connectivity index (χ0v) is 22.9. The van der Waals surface area contributed by atoms with E-state index in [-0.39, 0.29) is 41.4 Å². The maximum absolute atomic E-state index is 13.7. The van der Waals surface area contributed by atoms with E-state index in [9.17, 15) is 24.3 Å². The number of unbranched alkanes of at least 4 members (excludes halogenated alkanes) is 3. The summed E-state index contributed by atoms with van der Waals surface area (Å²) in [7, 11) is 0. The molecule has 0 saturated heterocycles. The summed E-state index contributed by atoms with van der Waals surface area (Å²) in [5.41, 5.74) is 2.57. The van der Waals surface area contributed by atoms with Gasteiger partial charge in [0.15, 0.2) is 0 Å². The lowest BCUT2D eigenvalue weighted by Crippen LogP contribution is -2.49. The Morgan fingerprint density at radius 3 is 1.62 bits per heavy atom. The number of carbonyl (C=O) groups is 4. The zero-order chi connectivity index (χ0) is 28.6. The lowest BCUT2D eigenvalue weighted by molar-refractivity contribution is 0.0443. The van der Waals surface area contributed by atoms with Gasteiger partial charge in [0.1, 0.15) is 0 Å². The van der Waals surface area contributed by atoms with Crippen molar-refractivity contribution in [2.24, 2.45) is 5.92 Å². The van der Waals surface area contributed by atoms with Crippen LogP contribution in [-0.4, -0.2) is 58.0 Å². The quantitative estimate of drug-likeness (QED) is 0.267. The molecule has 208 valence electrons. The molecule has 8 nitrogen and oxygen atoms in total. The van der Waals surface area contributed by atoms with E-state index in [1.54, 1.807) is 36.4 Å². The molecule has 0 spiro atoms. The molecular weight excluding hydrogens is 508 g/mol. The lowest BCUT2D eigenvalue weighted by atomic mass is 9.85. The third-order valence-electron chi connectivity index (χ3n) is 7.81. The van der Waals surface area contributed by atoms with Crippen LogP contribution in [0.25, 0.3) is 10.8 Å². The van der Waals surface area contributed by atoms with Crippen molar-refractivity contribution in [2.75, 3.05) is 18.1 Å². The molecule has 2 heterocycles. The zero-order valence-electron chi connectivity index (χ0n) is 22.9. The van der Waals surface area contributed by atoms with Crippen molar-refractivity contribution in [3.63, 3.8) is 0 Å².